The molecule has 1 saturated carbocycles. The van der Waals surface area contributed by atoms with Gasteiger partial charge in [0.25, 0.3) is 0 Å². The zero-order valence-electron chi connectivity index (χ0n) is 21.6. The maximum atomic E-state index is 15.2. The van der Waals surface area contributed by atoms with Gasteiger partial charge in [-0.3, -0.25) is 0 Å². The lowest BCUT2D eigenvalue weighted by molar-refractivity contribution is 0.306. The van der Waals surface area contributed by atoms with Crippen LogP contribution in [0.3, 0.4) is 0 Å². The monoisotopic (exact) mass is 508 g/mol. The molecule has 0 aliphatic heterocycles. The van der Waals surface area contributed by atoms with Crippen LogP contribution in [0, 0.1) is 29.2 Å². The molecule has 0 aromatic heterocycles. The first-order valence-corrected chi connectivity index (χ1v) is 13.6. The van der Waals surface area contributed by atoms with E-state index in [-0.39, 0.29) is 17.0 Å². The van der Waals surface area contributed by atoms with Crippen LogP contribution in [-0.2, 0) is 6.42 Å². The van der Waals surface area contributed by atoms with E-state index in [0.717, 1.165) is 57.8 Å². The molecule has 0 atom stereocenters. The van der Waals surface area contributed by atoms with Crippen LogP contribution < -0.4 is 0 Å². The van der Waals surface area contributed by atoms with Crippen LogP contribution in [0.4, 0.5) is 17.6 Å². The predicted octanol–water partition coefficient (Wildman–Crippen LogP) is 10.5. The molecule has 0 saturated heterocycles. The topological polar surface area (TPSA) is 0 Å². The lowest BCUT2D eigenvalue weighted by Crippen LogP contribution is -2.15. The van der Waals surface area contributed by atoms with E-state index in [1.807, 2.05) is 6.08 Å². The molecule has 4 heteroatoms. The van der Waals surface area contributed by atoms with Gasteiger partial charge in [-0.1, -0.05) is 74.4 Å². The summed E-state index contributed by atoms with van der Waals surface area (Å²) in [5.74, 6) is -2.64. The zero-order valence-corrected chi connectivity index (χ0v) is 21.6. The molecule has 4 rings (SSSR count). The summed E-state index contributed by atoms with van der Waals surface area (Å²) in [4.78, 5) is 0. The number of unbranched alkanes of at least 4 members (excludes halogenated alkanes) is 2. The second kappa shape index (κ2) is 12.6. The van der Waals surface area contributed by atoms with Gasteiger partial charge in [-0.05, 0) is 85.5 Å². The van der Waals surface area contributed by atoms with Crippen molar-refractivity contribution in [3.05, 3.63) is 95.6 Å². The van der Waals surface area contributed by atoms with Crippen LogP contribution in [0.15, 0.2) is 61.2 Å². The van der Waals surface area contributed by atoms with Crippen molar-refractivity contribution in [3.8, 4) is 22.3 Å². The van der Waals surface area contributed by atoms with Crippen LogP contribution in [-0.4, -0.2) is 0 Å². The Bertz CT molecular complexity index is 1200. The summed E-state index contributed by atoms with van der Waals surface area (Å²) in [7, 11) is 0. The van der Waals surface area contributed by atoms with Gasteiger partial charge in [-0.25, -0.2) is 17.6 Å². The minimum Gasteiger partial charge on any atom is -0.203 e. The molecule has 1 fully saturated rings. The molecule has 0 bridgehead atoms. The van der Waals surface area contributed by atoms with Gasteiger partial charge in [0.15, 0.2) is 23.3 Å². The molecule has 1 aliphatic carbocycles. The molecule has 0 heterocycles. The Hall–Kier alpha value is -2.88. The number of rotatable bonds is 10. The highest BCUT2D eigenvalue weighted by Gasteiger charge is 2.26. The highest BCUT2D eigenvalue weighted by Crippen LogP contribution is 2.40. The molecular weight excluding hydrogens is 472 g/mol. The molecule has 3 aromatic carbocycles. The maximum Gasteiger partial charge on any atom is 0.166 e. The van der Waals surface area contributed by atoms with Crippen molar-refractivity contribution in [2.45, 2.75) is 77.0 Å². The molecule has 1 aliphatic rings. The molecular formula is C33H36F4. The van der Waals surface area contributed by atoms with Crippen molar-refractivity contribution in [1.29, 1.82) is 0 Å². The smallest absolute Gasteiger partial charge is 0.166 e. The number of aryl methyl sites for hydroxylation is 1. The third kappa shape index (κ3) is 6.17. The number of hydrogen-bond donors (Lipinski definition) is 0. The van der Waals surface area contributed by atoms with Crippen molar-refractivity contribution < 1.29 is 17.6 Å². The molecule has 0 nitrogen and oxygen atoms in total. The van der Waals surface area contributed by atoms with E-state index >= 15 is 8.78 Å². The number of hydrogen-bond acceptors (Lipinski definition) is 0. The minimum absolute atomic E-state index is 0.0359. The quantitative estimate of drug-likeness (QED) is 0.145. The molecule has 3 aromatic rings. The van der Waals surface area contributed by atoms with E-state index in [1.165, 1.54) is 0 Å². The molecule has 37 heavy (non-hydrogen) atoms. The molecule has 196 valence electrons. The Morgan fingerprint density at radius 1 is 0.730 bits per heavy atom. The number of halogens is 4. The Labute approximate surface area is 218 Å². The van der Waals surface area contributed by atoms with Gasteiger partial charge >= 0.3 is 0 Å². The highest BCUT2D eigenvalue weighted by molar-refractivity contribution is 5.71. The van der Waals surface area contributed by atoms with Gasteiger partial charge < -0.3 is 0 Å². The molecule has 0 radical (unpaired) electrons. The van der Waals surface area contributed by atoms with Crippen molar-refractivity contribution in [2.75, 3.05) is 0 Å². The van der Waals surface area contributed by atoms with Gasteiger partial charge in [0.2, 0.25) is 0 Å². The van der Waals surface area contributed by atoms with E-state index < -0.39 is 23.3 Å². The second-order valence-corrected chi connectivity index (χ2v) is 10.3. The Kier molecular flexibility index (Phi) is 9.23. The van der Waals surface area contributed by atoms with Gasteiger partial charge in [0.05, 0.1) is 0 Å². The second-order valence-electron chi connectivity index (χ2n) is 10.3. The van der Waals surface area contributed by atoms with Crippen molar-refractivity contribution in [1.82, 2.24) is 0 Å². The van der Waals surface area contributed by atoms with E-state index in [4.69, 9.17) is 0 Å². The summed E-state index contributed by atoms with van der Waals surface area (Å²) in [6, 6.07) is 13.1. The largest absolute Gasteiger partial charge is 0.203 e. The summed E-state index contributed by atoms with van der Waals surface area (Å²) in [5, 5.41) is 0. The first-order chi connectivity index (χ1) is 17.9. The summed E-state index contributed by atoms with van der Waals surface area (Å²) in [5.41, 5.74) is 2.16. The third-order valence-electron chi connectivity index (χ3n) is 7.90. The first kappa shape index (κ1) is 27.2. The SMILES string of the molecule is C=CCCC1CCC(c2ccc(-c3ccc(-c4ccc(CCCCC)c(F)c4F)cc3)c(F)c2F)CC1. The van der Waals surface area contributed by atoms with E-state index in [9.17, 15) is 8.78 Å². The average Bonchev–Trinajstić information content (AvgIpc) is 2.92. The van der Waals surface area contributed by atoms with Gasteiger partial charge in [-0.15, -0.1) is 6.58 Å². The summed E-state index contributed by atoms with van der Waals surface area (Å²) >= 11 is 0. The molecule has 0 amide bonds. The summed E-state index contributed by atoms with van der Waals surface area (Å²) in [6.45, 7) is 5.85. The summed E-state index contributed by atoms with van der Waals surface area (Å²) < 4.78 is 59.7. The van der Waals surface area contributed by atoms with Crippen LogP contribution in [0.2, 0.25) is 0 Å². The van der Waals surface area contributed by atoms with Gasteiger partial charge in [0, 0.05) is 11.1 Å². The van der Waals surface area contributed by atoms with Crippen molar-refractivity contribution in [2.24, 2.45) is 5.92 Å². The van der Waals surface area contributed by atoms with E-state index in [1.54, 1.807) is 48.5 Å². The van der Waals surface area contributed by atoms with Crippen LogP contribution in [0.25, 0.3) is 22.3 Å². The minimum atomic E-state index is -0.873. The fourth-order valence-electron chi connectivity index (χ4n) is 5.62. The van der Waals surface area contributed by atoms with Crippen molar-refractivity contribution in [3.63, 3.8) is 0 Å². The predicted molar refractivity (Wildman–Crippen MR) is 145 cm³/mol. The molecule has 0 unspecified atom stereocenters. The Morgan fingerprint density at radius 2 is 1.32 bits per heavy atom. The Morgan fingerprint density at radius 3 is 1.92 bits per heavy atom. The standard InChI is InChI=1S/C33H36F4/c1-3-5-7-9-26-18-19-27(31(35)30(26)34)24-14-16-25(17-15-24)29-21-20-28(32(36)33(29)37)23-12-10-22(11-13-23)8-6-4-2/h4,14-23H,2-3,5-13H2,1H3. The van der Waals surface area contributed by atoms with E-state index in [2.05, 4.69) is 13.5 Å². The highest BCUT2D eigenvalue weighted by atomic mass is 19.2. The summed E-state index contributed by atoms with van der Waals surface area (Å²) in [6.07, 6.45) is 11.1. The van der Waals surface area contributed by atoms with Crippen LogP contribution in [0.1, 0.15) is 81.8 Å². The maximum absolute atomic E-state index is 15.2. The molecule has 0 spiro atoms. The first-order valence-electron chi connectivity index (χ1n) is 13.6. The Balaban J connectivity index is 1.50. The third-order valence-corrected chi connectivity index (χ3v) is 7.90. The van der Waals surface area contributed by atoms with Gasteiger partial charge in [0.1, 0.15) is 0 Å². The average molecular weight is 509 g/mol. The van der Waals surface area contributed by atoms with Crippen molar-refractivity contribution >= 4 is 0 Å². The normalized spacial score (nSPS) is 17.6. The fraction of sp³-hybridized carbons (Fsp3) is 0.394. The zero-order chi connectivity index (χ0) is 26.4. The van der Waals surface area contributed by atoms with E-state index in [0.29, 0.717) is 34.6 Å². The number of allylic oxidation sites excluding steroid dienone is 1. The lowest BCUT2D eigenvalue weighted by Gasteiger charge is -2.29. The lowest BCUT2D eigenvalue weighted by atomic mass is 9.77. The fourth-order valence-corrected chi connectivity index (χ4v) is 5.62. The number of benzene rings is 3. The van der Waals surface area contributed by atoms with Crippen LogP contribution in [0.5, 0.6) is 0 Å². The molecule has 0 N–H and O–H groups in total. The van der Waals surface area contributed by atoms with Crippen LogP contribution >= 0.6 is 0 Å². The van der Waals surface area contributed by atoms with Gasteiger partial charge in [-0.2, -0.15) is 0 Å².